The van der Waals surface area contributed by atoms with E-state index in [-0.39, 0.29) is 6.04 Å². The van der Waals surface area contributed by atoms with Crippen molar-refractivity contribution in [3.63, 3.8) is 0 Å². The molecule has 1 saturated heterocycles. The Morgan fingerprint density at radius 3 is 2.64 bits per heavy atom. The van der Waals surface area contributed by atoms with Gasteiger partial charge >= 0.3 is 6.09 Å². The highest BCUT2D eigenvalue weighted by molar-refractivity contribution is 5.64. The molecule has 0 radical (unpaired) electrons. The third-order valence-corrected chi connectivity index (χ3v) is 3.37. The Labute approximate surface area is 84.3 Å². The molecule has 4 nitrogen and oxygen atoms in total. The molecule has 0 aromatic carbocycles. The molecule has 0 spiro atoms. The van der Waals surface area contributed by atoms with Crippen LogP contribution < -0.4 is 5.32 Å². The lowest BCUT2D eigenvalue weighted by Gasteiger charge is -2.42. The third-order valence-electron chi connectivity index (χ3n) is 3.37. The number of hydrogen-bond donors (Lipinski definition) is 2. The van der Waals surface area contributed by atoms with Crippen LogP contribution in [0.2, 0.25) is 0 Å². The van der Waals surface area contributed by atoms with Crippen LogP contribution in [0.3, 0.4) is 0 Å². The Morgan fingerprint density at radius 1 is 1.29 bits per heavy atom. The van der Waals surface area contributed by atoms with Gasteiger partial charge in [0.15, 0.2) is 0 Å². The largest absolute Gasteiger partial charge is 0.465 e. The fourth-order valence-electron chi connectivity index (χ4n) is 2.38. The van der Waals surface area contributed by atoms with Crippen LogP contribution in [0.5, 0.6) is 0 Å². The molecule has 14 heavy (non-hydrogen) atoms. The van der Waals surface area contributed by atoms with Gasteiger partial charge in [0, 0.05) is 18.6 Å². The lowest BCUT2D eigenvalue weighted by Crippen LogP contribution is -2.52. The lowest BCUT2D eigenvalue weighted by atomic mass is 9.89. The van der Waals surface area contributed by atoms with Crippen molar-refractivity contribution in [1.29, 1.82) is 0 Å². The molecule has 2 rings (SSSR count). The average molecular weight is 198 g/mol. The minimum Gasteiger partial charge on any atom is -0.465 e. The molecule has 1 unspecified atom stereocenters. The van der Waals surface area contributed by atoms with Crippen LogP contribution in [0.4, 0.5) is 4.79 Å². The molecule has 0 aromatic heterocycles. The lowest BCUT2D eigenvalue weighted by molar-refractivity contribution is 0.0863. The van der Waals surface area contributed by atoms with Gasteiger partial charge in [-0.2, -0.15) is 0 Å². The molecule has 1 atom stereocenters. The summed E-state index contributed by atoms with van der Waals surface area (Å²) >= 11 is 0. The third kappa shape index (κ3) is 2.18. The smallest absolute Gasteiger partial charge is 0.404 e. The van der Waals surface area contributed by atoms with E-state index in [0.29, 0.717) is 0 Å². The van der Waals surface area contributed by atoms with E-state index in [1.54, 1.807) is 0 Å². The molecule has 80 valence electrons. The van der Waals surface area contributed by atoms with Gasteiger partial charge in [0.25, 0.3) is 0 Å². The predicted octanol–water partition coefficient (Wildman–Crippen LogP) is 1.27. The van der Waals surface area contributed by atoms with Gasteiger partial charge in [-0.1, -0.05) is 6.42 Å². The number of carboxylic acid groups (broad SMARTS) is 1. The van der Waals surface area contributed by atoms with Gasteiger partial charge in [-0.15, -0.1) is 0 Å². The summed E-state index contributed by atoms with van der Waals surface area (Å²) in [6.45, 7) is 2.07. The highest BCUT2D eigenvalue weighted by Gasteiger charge is 2.29. The summed E-state index contributed by atoms with van der Waals surface area (Å²) in [4.78, 5) is 12.9. The van der Waals surface area contributed by atoms with Crippen molar-refractivity contribution in [1.82, 2.24) is 10.2 Å². The molecule has 2 fully saturated rings. The van der Waals surface area contributed by atoms with Gasteiger partial charge in [-0.3, -0.25) is 4.90 Å². The first-order chi connectivity index (χ1) is 6.75. The Bertz CT molecular complexity index is 216. The van der Waals surface area contributed by atoms with Crippen molar-refractivity contribution in [2.75, 3.05) is 13.1 Å². The molecule has 1 aliphatic heterocycles. The number of rotatable bonds is 2. The number of hydrogen-bond acceptors (Lipinski definition) is 2. The van der Waals surface area contributed by atoms with E-state index in [1.807, 2.05) is 0 Å². The van der Waals surface area contributed by atoms with Gasteiger partial charge in [-0.05, 0) is 32.2 Å². The monoisotopic (exact) mass is 198 g/mol. The Balaban J connectivity index is 1.80. The summed E-state index contributed by atoms with van der Waals surface area (Å²) in [5, 5.41) is 11.2. The zero-order valence-electron chi connectivity index (χ0n) is 8.41. The molecule has 1 aliphatic carbocycles. The average Bonchev–Trinajstić information content (AvgIpc) is 1.99. The van der Waals surface area contributed by atoms with Crippen molar-refractivity contribution < 1.29 is 9.90 Å². The van der Waals surface area contributed by atoms with Crippen LogP contribution >= 0.6 is 0 Å². The second-order valence-electron chi connectivity index (χ2n) is 4.37. The minimum atomic E-state index is -0.884. The Hall–Kier alpha value is -0.770. The van der Waals surface area contributed by atoms with Gasteiger partial charge in [-0.25, -0.2) is 4.79 Å². The summed E-state index contributed by atoms with van der Waals surface area (Å²) in [5.74, 6) is 0. The van der Waals surface area contributed by atoms with E-state index in [4.69, 9.17) is 5.11 Å². The van der Waals surface area contributed by atoms with E-state index >= 15 is 0 Å². The number of nitrogens with one attached hydrogen (secondary N) is 1. The van der Waals surface area contributed by atoms with Gasteiger partial charge in [0.2, 0.25) is 0 Å². The summed E-state index contributed by atoms with van der Waals surface area (Å²) in [6, 6.07) is 0.898. The first-order valence-electron chi connectivity index (χ1n) is 5.49. The number of likely N-dealkylation sites (tertiary alicyclic amines) is 1. The molecule has 1 amide bonds. The van der Waals surface area contributed by atoms with E-state index in [1.165, 1.54) is 19.3 Å². The van der Waals surface area contributed by atoms with Crippen molar-refractivity contribution in [2.45, 2.75) is 44.2 Å². The van der Waals surface area contributed by atoms with E-state index < -0.39 is 6.09 Å². The zero-order chi connectivity index (χ0) is 9.97. The number of amides is 1. The van der Waals surface area contributed by atoms with E-state index in [0.717, 1.165) is 32.0 Å². The topological polar surface area (TPSA) is 52.6 Å². The predicted molar refractivity (Wildman–Crippen MR) is 53.4 cm³/mol. The Morgan fingerprint density at radius 2 is 2.07 bits per heavy atom. The highest BCUT2D eigenvalue weighted by Crippen LogP contribution is 2.27. The van der Waals surface area contributed by atoms with Crippen LogP contribution in [-0.4, -0.2) is 41.3 Å². The number of carbonyl (C=O) groups is 1. The molecule has 0 aromatic rings. The fraction of sp³-hybridized carbons (Fsp3) is 0.900. The van der Waals surface area contributed by atoms with Gasteiger partial charge in [0.05, 0.1) is 0 Å². The van der Waals surface area contributed by atoms with Gasteiger partial charge < -0.3 is 10.4 Å². The quantitative estimate of drug-likeness (QED) is 0.702. The molecule has 4 heteroatoms. The Kier molecular flexibility index (Phi) is 2.91. The van der Waals surface area contributed by atoms with Crippen LogP contribution in [0.25, 0.3) is 0 Å². The number of nitrogens with zero attached hydrogens (tertiary/aromatic N) is 1. The fourth-order valence-corrected chi connectivity index (χ4v) is 2.38. The maximum absolute atomic E-state index is 10.5. The molecule has 1 saturated carbocycles. The van der Waals surface area contributed by atoms with Crippen LogP contribution in [0, 0.1) is 0 Å². The molecular weight excluding hydrogens is 180 g/mol. The maximum Gasteiger partial charge on any atom is 0.404 e. The standard InChI is InChI=1S/C10H18N2O2/c13-10(14)11-8-3-2-6-12(7-8)9-4-1-5-9/h8-9,11H,1-7H2,(H,13,14). The molecular formula is C10H18N2O2. The van der Waals surface area contributed by atoms with E-state index in [9.17, 15) is 4.79 Å². The first kappa shape index (κ1) is 9.77. The second-order valence-corrected chi connectivity index (χ2v) is 4.37. The maximum atomic E-state index is 10.5. The first-order valence-corrected chi connectivity index (χ1v) is 5.49. The summed E-state index contributed by atoms with van der Waals surface area (Å²) in [7, 11) is 0. The molecule has 2 aliphatic rings. The van der Waals surface area contributed by atoms with E-state index in [2.05, 4.69) is 10.2 Å². The minimum absolute atomic E-state index is 0.154. The van der Waals surface area contributed by atoms with Crippen LogP contribution in [0.1, 0.15) is 32.1 Å². The van der Waals surface area contributed by atoms with Crippen LogP contribution in [0.15, 0.2) is 0 Å². The molecule has 0 bridgehead atoms. The van der Waals surface area contributed by atoms with Crippen LogP contribution in [-0.2, 0) is 0 Å². The molecule has 2 N–H and O–H groups in total. The normalized spacial score (nSPS) is 29.6. The van der Waals surface area contributed by atoms with Gasteiger partial charge in [0.1, 0.15) is 0 Å². The zero-order valence-corrected chi connectivity index (χ0v) is 8.41. The number of piperidine rings is 1. The summed E-state index contributed by atoms with van der Waals surface area (Å²) in [5.41, 5.74) is 0. The second kappa shape index (κ2) is 4.17. The van der Waals surface area contributed by atoms with Crippen molar-refractivity contribution in [2.24, 2.45) is 0 Å². The van der Waals surface area contributed by atoms with Crippen molar-refractivity contribution in [3.8, 4) is 0 Å². The summed E-state index contributed by atoms with van der Waals surface area (Å²) in [6.07, 6.45) is 5.19. The summed E-state index contributed by atoms with van der Waals surface area (Å²) < 4.78 is 0. The van der Waals surface area contributed by atoms with Crippen molar-refractivity contribution in [3.05, 3.63) is 0 Å². The van der Waals surface area contributed by atoms with Crippen molar-refractivity contribution >= 4 is 6.09 Å². The molecule has 1 heterocycles. The SMILES string of the molecule is O=C(O)NC1CCCN(C2CCC2)C1. The highest BCUT2D eigenvalue weighted by atomic mass is 16.4.